The third-order valence-electron chi connectivity index (χ3n) is 1.51. The molecule has 0 aliphatic heterocycles. The van der Waals surface area contributed by atoms with Gasteiger partial charge in [-0.2, -0.15) is 0 Å². The molecule has 3 amide bonds. The van der Waals surface area contributed by atoms with Gasteiger partial charge in [0.05, 0.1) is 4.47 Å². The van der Waals surface area contributed by atoms with Crippen LogP contribution in [-0.4, -0.2) is 18.5 Å². The second-order valence-corrected chi connectivity index (χ2v) is 3.63. The Bertz CT molecular complexity index is 425. The van der Waals surface area contributed by atoms with Crippen molar-refractivity contribution in [2.24, 2.45) is 5.73 Å². The van der Waals surface area contributed by atoms with E-state index in [2.05, 4.69) is 15.9 Å². The third kappa shape index (κ3) is 3.85. The molecule has 0 saturated carbocycles. The molecule has 7 heteroatoms. The predicted molar refractivity (Wildman–Crippen MR) is 57.3 cm³/mol. The van der Waals surface area contributed by atoms with Crippen molar-refractivity contribution in [1.82, 2.24) is 5.32 Å². The Kier molecular flexibility index (Phi) is 4.24. The van der Waals surface area contributed by atoms with Crippen LogP contribution in [0.2, 0.25) is 0 Å². The fourth-order valence-corrected chi connectivity index (χ4v) is 1.27. The van der Waals surface area contributed by atoms with Crippen molar-refractivity contribution >= 4 is 27.9 Å². The molecule has 5 nitrogen and oxygen atoms in total. The van der Waals surface area contributed by atoms with Crippen molar-refractivity contribution < 1.29 is 18.7 Å². The molecule has 0 bridgehead atoms. The average molecular weight is 291 g/mol. The van der Waals surface area contributed by atoms with E-state index >= 15 is 0 Å². The molecule has 0 aliphatic carbocycles. The minimum Gasteiger partial charge on any atom is -0.482 e. The Hall–Kier alpha value is -1.63. The predicted octanol–water partition coefficient (Wildman–Crippen LogP) is 1.16. The van der Waals surface area contributed by atoms with E-state index in [-0.39, 0.29) is 5.75 Å². The smallest absolute Gasteiger partial charge is 0.318 e. The summed E-state index contributed by atoms with van der Waals surface area (Å²) in [5.41, 5.74) is 4.72. The van der Waals surface area contributed by atoms with Crippen LogP contribution in [0.5, 0.6) is 5.75 Å². The molecule has 1 aromatic rings. The summed E-state index contributed by atoms with van der Waals surface area (Å²) in [6.45, 7) is -0.426. The molecule has 1 rings (SSSR count). The lowest BCUT2D eigenvalue weighted by Crippen LogP contribution is -2.38. The van der Waals surface area contributed by atoms with Gasteiger partial charge in [0, 0.05) is 6.07 Å². The van der Waals surface area contributed by atoms with Gasteiger partial charge in [-0.15, -0.1) is 0 Å². The molecular formula is C9H8BrFN2O3. The summed E-state index contributed by atoms with van der Waals surface area (Å²) in [6.07, 6.45) is 0. The number of benzene rings is 1. The molecule has 0 aliphatic rings. The molecule has 0 radical (unpaired) electrons. The first-order chi connectivity index (χ1) is 7.49. The number of ether oxygens (including phenoxy) is 1. The number of urea groups is 1. The van der Waals surface area contributed by atoms with E-state index in [0.717, 1.165) is 6.07 Å². The lowest BCUT2D eigenvalue weighted by molar-refractivity contribution is -0.121. The Morgan fingerprint density at radius 1 is 1.50 bits per heavy atom. The number of carbonyl (C=O) groups excluding carboxylic acids is 2. The number of nitrogens with one attached hydrogen (secondary N) is 1. The zero-order valence-electron chi connectivity index (χ0n) is 8.00. The number of nitrogens with two attached hydrogens (primary N) is 1. The van der Waals surface area contributed by atoms with Crippen molar-refractivity contribution in [1.29, 1.82) is 0 Å². The average Bonchev–Trinajstić information content (AvgIpc) is 2.18. The maximum absolute atomic E-state index is 12.8. The van der Waals surface area contributed by atoms with E-state index in [1.807, 2.05) is 5.32 Å². The monoisotopic (exact) mass is 290 g/mol. The number of halogens is 2. The zero-order valence-corrected chi connectivity index (χ0v) is 9.58. The van der Waals surface area contributed by atoms with Crippen molar-refractivity contribution in [3.05, 3.63) is 28.5 Å². The van der Waals surface area contributed by atoms with Gasteiger partial charge in [-0.1, -0.05) is 0 Å². The standard InChI is InChI=1S/C9H8BrFN2O3/c10-6-2-1-5(11)3-7(6)16-4-8(14)13-9(12)15/h1-3H,4H2,(H3,12,13,14,15). The summed E-state index contributed by atoms with van der Waals surface area (Å²) in [7, 11) is 0. The van der Waals surface area contributed by atoms with E-state index < -0.39 is 24.4 Å². The molecule has 0 spiro atoms. The van der Waals surface area contributed by atoms with Crippen LogP contribution in [0.4, 0.5) is 9.18 Å². The Morgan fingerprint density at radius 3 is 2.81 bits per heavy atom. The Morgan fingerprint density at radius 2 is 2.19 bits per heavy atom. The minimum atomic E-state index is -0.966. The lowest BCUT2D eigenvalue weighted by atomic mass is 10.3. The van der Waals surface area contributed by atoms with Crippen LogP contribution < -0.4 is 15.8 Å². The van der Waals surface area contributed by atoms with Crippen LogP contribution in [0.3, 0.4) is 0 Å². The lowest BCUT2D eigenvalue weighted by Gasteiger charge is -2.07. The molecule has 0 saturated heterocycles. The highest BCUT2D eigenvalue weighted by molar-refractivity contribution is 9.10. The summed E-state index contributed by atoms with van der Waals surface area (Å²) in [5.74, 6) is -1.03. The number of hydrogen-bond acceptors (Lipinski definition) is 3. The zero-order chi connectivity index (χ0) is 12.1. The van der Waals surface area contributed by atoms with Gasteiger partial charge in [-0.3, -0.25) is 10.1 Å². The van der Waals surface area contributed by atoms with Crippen LogP contribution in [0.1, 0.15) is 0 Å². The van der Waals surface area contributed by atoms with Gasteiger partial charge in [0.25, 0.3) is 5.91 Å². The van der Waals surface area contributed by atoms with E-state index in [1.165, 1.54) is 12.1 Å². The van der Waals surface area contributed by atoms with Crippen molar-refractivity contribution in [2.75, 3.05) is 6.61 Å². The summed E-state index contributed by atoms with van der Waals surface area (Å²) in [4.78, 5) is 21.3. The van der Waals surface area contributed by atoms with E-state index in [9.17, 15) is 14.0 Å². The summed E-state index contributed by atoms with van der Waals surface area (Å²) in [6, 6.07) is 2.82. The molecule has 1 aromatic carbocycles. The highest BCUT2D eigenvalue weighted by Crippen LogP contribution is 2.25. The van der Waals surface area contributed by atoms with Gasteiger partial charge in [-0.25, -0.2) is 9.18 Å². The van der Waals surface area contributed by atoms with Crippen LogP contribution in [-0.2, 0) is 4.79 Å². The highest BCUT2D eigenvalue weighted by atomic mass is 79.9. The number of primary amides is 1. The van der Waals surface area contributed by atoms with Crippen LogP contribution in [0.25, 0.3) is 0 Å². The first kappa shape index (κ1) is 12.4. The molecule has 86 valence electrons. The van der Waals surface area contributed by atoms with Crippen LogP contribution >= 0.6 is 15.9 Å². The third-order valence-corrected chi connectivity index (χ3v) is 2.17. The molecular weight excluding hydrogens is 283 g/mol. The number of imide groups is 1. The van der Waals surface area contributed by atoms with Gasteiger partial charge in [-0.05, 0) is 28.1 Å². The minimum absolute atomic E-state index is 0.166. The summed E-state index contributed by atoms with van der Waals surface area (Å²) >= 11 is 3.12. The maximum Gasteiger partial charge on any atom is 0.318 e. The molecule has 0 atom stereocenters. The van der Waals surface area contributed by atoms with Crippen molar-refractivity contribution in [3.63, 3.8) is 0 Å². The van der Waals surface area contributed by atoms with Gasteiger partial charge >= 0.3 is 6.03 Å². The topological polar surface area (TPSA) is 81.4 Å². The molecule has 0 aromatic heterocycles. The molecule has 0 fully saturated rings. The van der Waals surface area contributed by atoms with E-state index in [0.29, 0.717) is 4.47 Å². The quantitative estimate of drug-likeness (QED) is 0.876. The normalized spacial score (nSPS) is 9.62. The van der Waals surface area contributed by atoms with Gasteiger partial charge in [0.2, 0.25) is 0 Å². The van der Waals surface area contributed by atoms with Crippen molar-refractivity contribution in [3.8, 4) is 5.75 Å². The fraction of sp³-hybridized carbons (Fsp3) is 0.111. The SMILES string of the molecule is NC(=O)NC(=O)COc1cc(F)ccc1Br. The van der Waals surface area contributed by atoms with Gasteiger partial charge in [0.1, 0.15) is 11.6 Å². The molecule has 0 heterocycles. The second-order valence-electron chi connectivity index (χ2n) is 2.78. The first-order valence-electron chi connectivity index (χ1n) is 4.16. The van der Waals surface area contributed by atoms with Crippen molar-refractivity contribution in [2.45, 2.75) is 0 Å². The summed E-state index contributed by atoms with van der Waals surface area (Å²) in [5, 5.41) is 1.81. The first-order valence-corrected chi connectivity index (χ1v) is 4.95. The number of carbonyl (C=O) groups is 2. The Labute approximate surface area is 98.9 Å². The number of hydrogen-bond donors (Lipinski definition) is 2. The molecule has 16 heavy (non-hydrogen) atoms. The largest absolute Gasteiger partial charge is 0.482 e. The van der Waals surface area contributed by atoms with Gasteiger partial charge in [0.15, 0.2) is 6.61 Å². The molecule has 0 unspecified atom stereocenters. The maximum atomic E-state index is 12.8. The number of amides is 3. The van der Waals surface area contributed by atoms with E-state index in [1.54, 1.807) is 0 Å². The van der Waals surface area contributed by atoms with Gasteiger partial charge < -0.3 is 10.5 Å². The van der Waals surface area contributed by atoms with E-state index in [4.69, 9.17) is 10.5 Å². The molecule has 3 N–H and O–H groups in total. The van der Waals surface area contributed by atoms with Crippen LogP contribution in [0, 0.1) is 5.82 Å². The highest BCUT2D eigenvalue weighted by Gasteiger charge is 2.07. The summed E-state index contributed by atoms with van der Waals surface area (Å²) < 4.78 is 18.3. The number of rotatable bonds is 3. The second kappa shape index (κ2) is 5.45. The van der Waals surface area contributed by atoms with Crippen LogP contribution in [0.15, 0.2) is 22.7 Å². The fourth-order valence-electron chi connectivity index (χ4n) is 0.905. The Balaban J connectivity index is 2.57.